The minimum atomic E-state index is 0.206. The summed E-state index contributed by atoms with van der Waals surface area (Å²) in [5, 5.41) is 13.7. The van der Waals surface area contributed by atoms with Gasteiger partial charge in [0.2, 0.25) is 5.88 Å². The maximum absolute atomic E-state index is 9.60. The molecular weight excluding hydrogens is 230 g/mol. The van der Waals surface area contributed by atoms with Crippen LogP contribution in [-0.2, 0) is 0 Å². The van der Waals surface area contributed by atoms with Crippen LogP contribution < -0.4 is 4.74 Å². The van der Waals surface area contributed by atoms with Gasteiger partial charge < -0.3 is 9.84 Å². The first-order valence-corrected chi connectivity index (χ1v) is 5.51. The first kappa shape index (κ1) is 10.6. The topological polar surface area (TPSA) is 59.7 Å². The van der Waals surface area contributed by atoms with Gasteiger partial charge in [0.05, 0.1) is 6.20 Å². The van der Waals surface area contributed by atoms with Crippen LogP contribution in [0.4, 0.5) is 0 Å². The molecule has 0 fully saturated rings. The molecule has 18 heavy (non-hydrogen) atoms. The van der Waals surface area contributed by atoms with E-state index in [2.05, 4.69) is 10.1 Å². The molecule has 5 heteroatoms. The summed E-state index contributed by atoms with van der Waals surface area (Å²) in [5.41, 5.74) is 1.40. The number of hydrogen-bond donors (Lipinski definition) is 1. The van der Waals surface area contributed by atoms with Gasteiger partial charge in [-0.1, -0.05) is 6.07 Å². The average Bonchev–Trinajstić information content (AvgIpc) is 2.82. The summed E-state index contributed by atoms with van der Waals surface area (Å²) in [4.78, 5) is 4.30. The summed E-state index contributed by atoms with van der Waals surface area (Å²) in [6, 6.07) is 8.66. The number of fused-ring (bicyclic) bond motifs is 1. The number of benzene rings is 1. The number of aromatic nitrogens is 3. The van der Waals surface area contributed by atoms with Crippen molar-refractivity contribution in [2.24, 2.45) is 0 Å². The van der Waals surface area contributed by atoms with E-state index in [9.17, 15) is 5.11 Å². The summed E-state index contributed by atoms with van der Waals surface area (Å²) >= 11 is 0. The Labute approximate surface area is 103 Å². The van der Waals surface area contributed by atoms with Crippen LogP contribution in [0, 0.1) is 6.92 Å². The van der Waals surface area contributed by atoms with Crippen molar-refractivity contribution >= 4 is 5.65 Å². The summed E-state index contributed by atoms with van der Waals surface area (Å²) < 4.78 is 7.31. The predicted molar refractivity (Wildman–Crippen MR) is 65.9 cm³/mol. The van der Waals surface area contributed by atoms with Crippen LogP contribution in [0.25, 0.3) is 5.65 Å². The maximum atomic E-state index is 9.60. The van der Waals surface area contributed by atoms with Crippen molar-refractivity contribution in [2.75, 3.05) is 0 Å². The van der Waals surface area contributed by atoms with E-state index in [1.165, 1.54) is 0 Å². The molecular formula is C13H11N3O2. The van der Waals surface area contributed by atoms with Crippen molar-refractivity contribution < 1.29 is 9.84 Å². The zero-order chi connectivity index (χ0) is 12.5. The quantitative estimate of drug-likeness (QED) is 0.749. The third kappa shape index (κ3) is 1.75. The second-order valence-electron chi connectivity index (χ2n) is 3.90. The second-order valence-corrected chi connectivity index (χ2v) is 3.90. The molecule has 0 bridgehead atoms. The first-order chi connectivity index (χ1) is 8.74. The molecule has 2 heterocycles. The highest BCUT2D eigenvalue weighted by Gasteiger charge is 2.06. The smallest absolute Gasteiger partial charge is 0.222 e. The lowest BCUT2D eigenvalue weighted by molar-refractivity contribution is 0.439. The second kappa shape index (κ2) is 4.03. The lowest BCUT2D eigenvalue weighted by atomic mass is 10.2. The number of hydrogen-bond acceptors (Lipinski definition) is 4. The van der Waals surface area contributed by atoms with Gasteiger partial charge in [0, 0.05) is 23.9 Å². The Bertz CT molecular complexity index is 706. The van der Waals surface area contributed by atoms with Gasteiger partial charge in [-0.2, -0.15) is 10.1 Å². The Kier molecular flexibility index (Phi) is 2.37. The highest BCUT2D eigenvalue weighted by molar-refractivity contribution is 5.45. The van der Waals surface area contributed by atoms with Crippen LogP contribution in [0.1, 0.15) is 5.56 Å². The largest absolute Gasteiger partial charge is 0.508 e. The fourth-order valence-electron chi connectivity index (χ4n) is 1.68. The van der Waals surface area contributed by atoms with Gasteiger partial charge in [0.25, 0.3) is 0 Å². The molecule has 2 aromatic heterocycles. The van der Waals surface area contributed by atoms with Gasteiger partial charge in [-0.05, 0) is 19.1 Å². The van der Waals surface area contributed by atoms with Crippen molar-refractivity contribution in [1.29, 1.82) is 0 Å². The predicted octanol–water partition coefficient (Wildman–Crippen LogP) is 2.54. The van der Waals surface area contributed by atoms with Crippen LogP contribution in [0.5, 0.6) is 17.4 Å². The van der Waals surface area contributed by atoms with Gasteiger partial charge >= 0.3 is 0 Å². The molecule has 3 aromatic rings. The molecule has 0 aliphatic heterocycles. The van der Waals surface area contributed by atoms with Crippen LogP contribution in [0.3, 0.4) is 0 Å². The molecule has 0 spiro atoms. The van der Waals surface area contributed by atoms with E-state index in [-0.39, 0.29) is 5.75 Å². The summed E-state index contributed by atoms with van der Waals surface area (Å²) in [6.07, 6.45) is 3.45. The fourth-order valence-corrected chi connectivity index (χ4v) is 1.68. The van der Waals surface area contributed by atoms with E-state index in [1.54, 1.807) is 54.2 Å². The van der Waals surface area contributed by atoms with Gasteiger partial charge in [-0.25, -0.2) is 4.52 Å². The third-order valence-corrected chi connectivity index (χ3v) is 2.70. The molecule has 0 atom stereocenters. The van der Waals surface area contributed by atoms with Crippen LogP contribution >= 0.6 is 0 Å². The molecule has 0 aliphatic rings. The normalized spacial score (nSPS) is 10.7. The van der Waals surface area contributed by atoms with E-state index >= 15 is 0 Å². The van der Waals surface area contributed by atoms with Gasteiger partial charge in [-0.3, -0.25) is 0 Å². The summed E-state index contributed by atoms with van der Waals surface area (Å²) in [7, 11) is 0. The number of phenolic OH excluding ortho intramolecular Hbond substituents is 1. The van der Waals surface area contributed by atoms with Crippen LogP contribution in [0.15, 0.2) is 42.7 Å². The monoisotopic (exact) mass is 241 g/mol. The highest BCUT2D eigenvalue weighted by Crippen LogP contribution is 2.29. The summed E-state index contributed by atoms with van der Waals surface area (Å²) in [5.74, 6) is 1.26. The van der Waals surface area contributed by atoms with Crippen LogP contribution in [0.2, 0.25) is 0 Å². The molecule has 5 nitrogen and oxygen atoms in total. The number of phenols is 1. The van der Waals surface area contributed by atoms with Gasteiger partial charge in [0.1, 0.15) is 11.5 Å². The molecule has 0 saturated carbocycles. The van der Waals surface area contributed by atoms with Crippen molar-refractivity contribution in [2.45, 2.75) is 6.92 Å². The first-order valence-electron chi connectivity index (χ1n) is 5.51. The molecule has 0 amide bonds. The maximum Gasteiger partial charge on any atom is 0.222 e. The molecule has 0 aliphatic carbocycles. The summed E-state index contributed by atoms with van der Waals surface area (Å²) in [6.45, 7) is 1.79. The Morgan fingerprint density at radius 3 is 3.00 bits per heavy atom. The third-order valence-electron chi connectivity index (χ3n) is 2.70. The Hall–Kier alpha value is -2.56. The average molecular weight is 241 g/mol. The number of ether oxygens (including phenoxy) is 1. The SMILES string of the molecule is Cc1c(O)cccc1Oc1ccn2nccc2n1. The minimum absolute atomic E-state index is 0.206. The zero-order valence-electron chi connectivity index (χ0n) is 9.74. The number of nitrogens with zero attached hydrogens (tertiary/aromatic N) is 3. The fraction of sp³-hybridized carbons (Fsp3) is 0.0769. The lowest BCUT2D eigenvalue weighted by Crippen LogP contribution is -1.94. The molecule has 0 saturated heterocycles. The Morgan fingerprint density at radius 1 is 1.22 bits per heavy atom. The van der Waals surface area contributed by atoms with Gasteiger partial charge in [0.15, 0.2) is 5.65 Å². The van der Waals surface area contributed by atoms with Crippen molar-refractivity contribution in [1.82, 2.24) is 14.6 Å². The van der Waals surface area contributed by atoms with E-state index < -0.39 is 0 Å². The Morgan fingerprint density at radius 2 is 2.11 bits per heavy atom. The lowest BCUT2D eigenvalue weighted by Gasteiger charge is -2.08. The number of rotatable bonds is 2. The molecule has 3 rings (SSSR count). The van der Waals surface area contributed by atoms with Crippen molar-refractivity contribution in [3.8, 4) is 17.4 Å². The molecule has 90 valence electrons. The standard InChI is InChI=1S/C13H11N3O2/c1-9-10(17)3-2-4-11(9)18-13-6-8-16-12(15-13)5-7-14-16/h2-8,17H,1H3. The molecule has 0 radical (unpaired) electrons. The molecule has 1 aromatic carbocycles. The minimum Gasteiger partial charge on any atom is -0.508 e. The van der Waals surface area contributed by atoms with Crippen molar-refractivity contribution in [3.63, 3.8) is 0 Å². The molecule has 1 N–H and O–H groups in total. The van der Waals surface area contributed by atoms with E-state index in [1.807, 2.05) is 0 Å². The van der Waals surface area contributed by atoms with Crippen LogP contribution in [-0.4, -0.2) is 19.7 Å². The molecule has 0 unspecified atom stereocenters. The van der Waals surface area contributed by atoms with Gasteiger partial charge in [-0.15, -0.1) is 0 Å². The van der Waals surface area contributed by atoms with E-state index in [4.69, 9.17) is 4.74 Å². The highest BCUT2D eigenvalue weighted by atomic mass is 16.5. The zero-order valence-corrected chi connectivity index (χ0v) is 9.74. The van der Waals surface area contributed by atoms with Crippen molar-refractivity contribution in [3.05, 3.63) is 48.3 Å². The van der Waals surface area contributed by atoms with E-state index in [0.717, 1.165) is 0 Å². The Balaban J connectivity index is 1.98. The van der Waals surface area contributed by atoms with E-state index in [0.29, 0.717) is 22.8 Å². The number of aromatic hydroxyl groups is 1.